The molecular formula is C13H17Br2NO. The summed E-state index contributed by atoms with van der Waals surface area (Å²) in [6.45, 7) is 5.18. The molecule has 1 aliphatic heterocycles. The van der Waals surface area contributed by atoms with E-state index in [1.165, 1.54) is 0 Å². The van der Waals surface area contributed by atoms with E-state index in [0.717, 1.165) is 34.0 Å². The minimum Gasteiger partial charge on any atom is -0.382 e. The number of nitrogens with one attached hydrogen (secondary N) is 1. The molecule has 1 saturated heterocycles. The summed E-state index contributed by atoms with van der Waals surface area (Å²) in [5.74, 6) is 0. The van der Waals surface area contributed by atoms with E-state index in [0.29, 0.717) is 6.10 Å². The van der Waals surface area contributed by atoms with Gasteiger partial charge in [-0.1, -0.05) is 15.9 Å². The maximum Gasteiger partial charge on any atom is 0.0755 e. The Morgan fingerprint density at radius 1 is 1.41 bits per heavy atom. The van der Waals surface area contributed by atoms with E-state index in [-0.39, 0.29) is 5.60 Å². The van der Waals surface area contributed by atoms with Gasteiger partial charge in [0.15, 0.2) is 0 Å². The van der Waals surface area contributed by atoms with Gasteiger partial charge in [-0.25, -0.2) is 0 Å². The van der Waals surface area contributed by atoms with Crippen LogP contribution in [0.2, 0.25) is 0 Å². The lowest BCUT2D eigenvalue weighted by Crippen LogP contribution is -2.24. The maximum atomic E-state index is 5.95. The first kappa shape index (κ1) is 13.4. The van der Waals surface area contributed by atoms with Crippen LogP contribution in [0.15, 0.2) is 27.1 Å². The summed E-state index contributed by atoms with van der Waals surface area (Å²) in [6.07, 6.45) is 2.59. The van der Waals surface area contributed by atoms with E-state index in [4.69, 9.17) is 4.74 Å². The smallest absolute Gasteiger partial charge is 0.0755 e. The zero-order valence-corrected chi connectivity index (χ0v) is 13.3. The average Bonchev–Trinajstić information content (AvgIpc) is 2.57. The summed E-state index contributed by atoms with van der Waals surface area (Å²) >= 11 is 6.99. The molecule has 94 valence electrons. The van der Waals surface area contributed by atoms with E-state index in [1.807, 2.05) is 12.1 Å². The Bertz CT molecular complexity index is 406. The largest absolute Gasteiger partial charge is 0.382 e. The fourth-order valence-electron chi connectivity index (χ4n) is 2.08. The van der Waals surface area contributed by atoms with Crippen molar-refractivity contribution < 1.29 is 4.74 Å². The molecule has 0 radical (unpaired) electrons. The van der Waals surface area contributed by atoms with Gasteiger partial charge in [0.25, 0.3) is 0 Å². The van der Waals surface area contributed by atoms with Crippen LogP contribution in [0.5, 0.6) is 0 Å². The van der Waals surface area contributed by atoms with Crippen molar-refractivity contribution in [1.29, 1.82) is 0 Å². The number of halogens is 2. The molecule has 2 rings (SSSR count). The molecule has 1 unspecified atom stereocenters. The molecule has 17 heavy (non-hydrogen) atoms. The molecule has 1 atom stereocenters. The van der Waals surface area contributed by atoms with Crippen LogP contribution < -0.4 is 5.32 Å². The van der Waals surface area contributed by atoms with Gasteiger partial charge in [0, 0.05) is 21.2 Å². The second-order valence-corrected chi connectivity index (χ2v) is 6.81. The van der Waals surface area contributed by atoms with Crippen LogP contribution in [-0.4, -0.2) is 18.2 Å². The van der Waals surface area contributed by atoms with Gasteiger partial charge in [-0.05, 0) is 60.8 Å². The van der Waals surface area contributed by atoms with Gasteiger partial charge in [0.2, 0.25) is 0 Å². The Kier molecular flexibility index (Phi) is 4.16. The van der Waals surface area contributed by atoms with Gasteiger partial charge in [-0.2, -0.15) is 0 Å². The molecule has 1 aromatic rings. The van der Waals surface area contributed by atoms with Crippen LogP contribution in [0.25, 0.3) is 0 Å². The van der Waals surface area contributed by atoms with Crippen molar-refractivity contribution in [2.45, 2.75) is 38.4 Å². The third-order valence-electron chi connectivity index (χ3n) is 3.01. The van der Waals surface area contributed by atoms with Crippen molar-refractivity contribution in [1.82, 2.24) is 0 Å². The molecule has 1 aliphatic rings. The van der Waals surface area contributed by atoms with Crippen LogP contribution >= 0.6 is 31.9 Å². The first-order valence-corrected chi connectivity index (χ1v) is 7.42. The zero-order valence-electron chi connectivity index (χ0n) is 10.1. The summed E-state index contributed by atoms with van der Waals surface area (Å²) in [7, 11) is 0. The normalized spacial score (nSPS) is 22.7. The average molecular weight is 363 g/mol. The first-order chi connectivity index (χ1) is 7.96. The van der Waals surface area contributed by atoms with Crippen molar-refractivity contribution in [3.05, 3.63) is 27.1 Å². The van der Waals surface area contributed by atoms with Gasteiger partial charge < -0.3 is 10.1 Å². The highest BCUT2D eigenvalue weighted by molar-refractivity contribution is 9.11. The van der Waals surface area contributed by atoms with Crippen LogP contribution in [0.3, 0.4) is 0 Å². The van der Waals surface area contributed by atoms with Gasteiger partial charge in [-0.3, -0.25) is 0 Å². The lowest BCUT2D eigenvalue weighted by atomic mass is 10.1. The number of rotatable bonds is 3. The highest BCUT2D eigenvalue weighted by Crippen LogP contribution is 2.30. The topological polar surface area (TPSA) is 21.3 Å². The summed E-state index contributed by atoms with van der Waals surface area (Å²) in [4.78, 5) is 0. The SMILES string of the molecule is CC1(C)CCC(CNc2ccc(Br)cc2Br)O1. The van der Waals surface area contributed by atoms with E-state index >= 15 is 0 Å². The van der Waals surface area contributed by atoms with E-state index in [2.05, 4.69) is 57.1 Å². The molecule has 0 aliphatic carbocycles. The molecule has 0 saturated carbocycles. The van der Waals surface area contributed by atoms with E-state index in [9.17, 15) is 0 Å². The molecule has 0 bridgehead atoms. The van der Waals surface area contributed by atoms with Crippen LogP contribution in [0, 0.1) is 0 Å². The minimum atomic E-state index is 0.0449. The lowest BCUT2D eigenvalue weighted by Gasteiger charge is -2.20. The predicted octanol–water partition coefficient (Wildman–Crippen LogP) is 4.58. The van der Waals surface area contributed by atoms with Crippen molar-refractivity contribution in [2.75, 3.05) is 11.9 Å². The Labute approximate surface area is 119 Å². The second-order valence-electron chi connectivity index (χ2n) is 5.04. The summed E-state index contributed by atoms with van der Waals surface area (Å²) < 4.78 is 8.10. The van der Waals surface area contributed by atoms with E-state index < -0.39 is 0 Å². The molecular weight excluding hydrogens is 346 g/mol. The van der Waals surface area contributed by atoms with Gasteiger partial charge in [0.1, 0.15) is 0 Å². The molecule has 1 N–H and O–H groups in total. The fourth-order valence-corrected chi connectivity index (χ4v) is 3.27. The van der Waals surface area contributed by atoms with Crippen LogP contribution in [0.1, 0.15) is 26.7 Å². The monoisotopic (exact) mass is 361 g/mol. The van der Waals surface area contributed by atoms with Gasteiger partial charge in [-0.15, -0.1) is 0 Å². The molecule has 1 fully saturated rings. The number of anilines is 1. The highest BCUT2D eigenvalue weighted by atomic mass is 79.9. The summed E-state index contributed by atoms with van der Waals surface area (Å²) in [6, 6.07) is 6.14. The fraction of sp³-hybridized carbons (Fsp3) is 0.538. The van der Waals surface area contributed by atoms with Gasteiger partial charge >= 0.3 is 0 Å². The third-order valence-corrected chi connectivity index (χ3v) is 4.15. The molecule has 2 nitrogen and oxygen atoms in total. The standard InChI is InChI=1S/C13H17Br2NO/c1-13(2)6-5-10(17-13)8-16-12-4-3-9(14)7-11(12)15/h3-4,7,10,16H,5-6,8H2,1-2H3. The van der Waals surface area contributed by atoms with Crippen LogP contribution in [-0.2, 0) is 4.74 Å². The van der Waals surface area contributed by atoms with Crippen molar-refractivity contribution in [2.24, 2.45) is 0 Å². The molecule has 0 aromatic heterocycles. The number of benzene rings is 1. The first-order valence-electron chi connectivity index (χ1n) is 5.83. The number of hydrogen-bond donors (Lipinski definition) is 1. The molecule has 0 amide bonds. The molecule has 0 spiro atoms. The Balaban J connectivity index is 1.90. The molecule has 1 heterocycles. The van der Waals surface area contributed by atoms with Crippen molar-refractivity contribution >= 4 is 37.5 Å². The predicted molar refractivity (Wildman–Crippen MR) is 78.5 cm³/mol. The Hall–Kier alpha value is -0.0600. The highest BCUT2D eigenvalue weighted by Gasteiger charge is 2.31. The van der Waals surface area contributed by atoms with Crippen LogP contribution in [0.4, 0.5) is 5.69 Å². The van der Waals surface area contributed by atoms with Gasteiger partial charge in [0.05, 0.1) is 11.7 Å². The zero-order chi connectivity index (χ0) is 12.5. The Morgan fingerprint density at radius 3 is 2.76 bits per heavy atom. The molecule has 4 heteroatoms. The second kappa shape index (κ2) is 5.29. The molecule has 1 aromatic carbocycles. The summed E-state index contributed by atoms with van der Waals surface area (Å²) in [5, 5.41) is 3.43. The minimum absolute atomic E-state index is 0.0449. The van der Waals surface area contributed by atoms with E-state index in [1.54, 1.807) is 0 Å². The lowest BCUT2D eigenvalue weighted by molar-refractivity contribution is -0.00911. The quantitative estimate of drug-likeness (QED) is 0.849. The van der Waals surface area contributed by atoms with Crippen molar-refractivity contribution in [3.63, 3.8) is 0 Å². The number of ether oxygens (including phenoxy) is 1. The Morgan fingerprint density at radius 2 is 2.18 bits per heavy atom. The number of hydrogen-bond acceptors (Lipinski definition) is 2. The maximum absolute atomic E-state index is 5.95. The third kappa shape index (κ3) is 3.70. The summed E-state index contributed by atoms with van der Waals surface area (Å²) in [5.41, 5.74) is 1.16. The van der Waals surface area contributed by atoms with Crippen molar-refractivity contribution in [3.8, 4) is 0 Å².